The molecule has 0 unspecified atom stereocenters. The van der Waals surface area contributed by atoms with Gasteiger partial charge in [0, 0.05) is 36.0 Å². The zero-order valence-electron chi connectivity index (χ0n) is 15.8. The Morgan fingerprint density at radius 1 is 1.30 bits per heavy atom. The Balaban J connectivity index is 1.37. The minimum atomic E-state index is 0.427. The number of carbonyl (C=O) groups is 1. The van der Waals surface area contributed by atoms with Crippen LogP contribution in [-0.4, -0.2) is 42.0 Å². The summed E-state index contributed by atoms with van der Waals surface area (Å²) in [5, 5.41) is 4.59. The van der Waals surface area contributed by atoms with Crippen LogP contribution >= 0.6 is 11.3 Å². The van der Waals surface area contributed by atoms with Crippen molar-refractivity contribution in [2.75, 3.05) is 25.0 Å². The van der Waals surface area contributed by atoms with Gasteiger partial charge in [0.2, 0.25) is 6.41 Å². The number of nitrogens with zero attached hydrogens (tertiary/aromatic N) is 2. The van der Waals surface area contributed by atoms with E-state index >= 15 is 0 Å². The molecule has 2 aromatic rings. The number of para-hydroxylation sites is 1. The van der Waals surface area contributed by atoms with Gasteiger partial charge >= 0.3 is 0 Å². The van der Waals surface area contributed by atoms with Crippen molar-refractivity contribution in [1.82, 2.24) is 9.88 Å². The van der Waals surface area contributed by atoms with E-state index < -0.39 is 0 Å². The maximum absolute atomic E-state index is 11.1. The summed E-state index contributed by atoms with van der Waals surface area (Å²) in [7, 11) is 0. The molecule has 1 amide bonds. The molecule has 1 N–H and O–H groups in total. The standard InChI is InChI=1S/C21H27N3O2S/c1-2-24(14-25)16-9-7-15(8-10-16)13-22-21-23-20-17-5-3-4-6-18(17)26-12-11-19(20)27-21/h3-6,14-16H,2,7-13H2,1H3,(H,22,23)/t15-,16-. The van der Waals surface area contributed by atoms with Crippen molar-refractivity contribution in [3.63, 3.8) is 0 Å². The van der Waals surface area contributed by atoms with E-state index in [0.717, 1.165) is 60.9 Å². The molecule has 0 radical (unpaired) electrons. The summed E-state index contributed by atoms with van der Waals surface area (Å²) in [6, 6.07) is 8.60. The highest BCUT2D eigenvalue weighted by atomic mass is 32.1. The highest BCUT2D eigenvalue weighted by Crippen LogP contribution is 2.39. The van der Waals surface area contributed by atoms with Crippen molar-refractivity contribution in [1.29, 1.82) is 0 Å². The largest absolute Gasteiger partial charge is 0.493 e. The normalized spacial score (nSPS) is 21.4. The van der Waals surface area contributed by atoms with Crippen LogP contribution in [-0.2, 0) is 11.2 Å². The van der Waals surface area contributed by atoms with Crippen LogP contribution in [0.4, 0.5) is 5.13 Å². The second-order valence-corrected chi connectivity index (χ2v) is 8.46. The molecule has 5 nitrogen and oxygen atoms in total. The Bertz CT molecular complexity index is 783. The second-order valence-electron chi connectivity index (χ2n) is 7.38. The Hall–Kier alpha value is -2.08. The molecule has 1 aromatic carbocycles. The monoisotopic (exact) mass is 385 g/mol. The number of nitrogens with one attached hydrogen (secondary N) is 1. The molecular formula is C21H27N3O2S. The van der Waals surface area contributed by atoms with Crippen LogP contribution in [0.2, 0.25) is 0 Å². The van der Waals surface area contributed by atoms with E-state index in [1.54, 1.807) is 11.3 Å². The van der Waals surface area contributed by atoms with Gasteiger partial charge in [-0.3, -0.25) is 4.79 Å². The van der Waals surface area contributed by atoms with Gasteiger partial charge in [-0.15, -0.1) is 11.3 Å². The fourth-order valence-corrected chi connectivity index (χ4v) is 5.14. The van der Waals surface area contributed by atoms with Gasteiger partial charge < -0.3 is 15.0 Å². The summed E-state index contributed by atoms with van der Waals surface area (Å²) in [4.78, 5) is 19.3. The van der Waals surface area contributed by atoms with Crippen LogP contribution < -0.4 is 10.1 Å². The second kappa shape index (κ2) is 8.30. The molecule has 1 saturated carbocycles. The molecule has 1 aliphatic heterocycles. The van der Waals surface area contributed by atoms with Gasteiger partial charge in [0.1, 0.15) is 5.75 Å². The topological polar surface area (TPSA) is 54.5 Å². The number of carbonyl (C=O) groups excluding carboxylic acids is 1. The number of benzene rings is 1. The Morgan fingerprint density at radius 3 is 2.89 bits per heavy atom. The Labute approximate surface area is 164 Å². The molecule has 27 heavy (non-hydrogen) atoms. The number of hydrogen-bond acceptors (Lipinski definition) is 5. The van der Waals surface area contributed by atoms with E-state index in [0.29, 0.717) is 18.6 Å². The van der Waals surface area contributed by atoms with Crippen LogP contribution in [0, 0.1) is 5.92 Å². The number of ether oxygens (including phenoxy) is 1. The molecule has 144 valence electrons. The van der Waals surface area contributed by atoms with Crippen molar-refractivity contribution >= 4 is 22.9 Å². The van der Waals surface area contributed by atoms with E-state index in [1.165, 1.54) is 17.7 Å². The molecule has 0 spiro atoms. The van der Waals surface area contributed by atoms with E-state index in [-0.39, 0.29) is 0 Å². The molecule has 0 atom stereocenters. The predicted octanol–water partition coefficient (Wildman–Crippen LogP) is 4.19. The summed E-state index contributed by atoms with van der Waals surface area (Å²) in [6.07, 6.45) is 6.48. The van der Waals surface area contributed by atoms with E-state index in [4.69, 9.17) is 9.72 Å². The number of anilines is 1. The predicted molar refractivity (Wildman–Crippen MR) is 109 cm³/mol. The molecule has 2 heterocycles. The van der Waals surface area contributed by atoms with Crippen LogP contribution in [0.1, 0.15) is 37.5 Å². The Kier molecular flexibility index (Phi) is 5.62. The number of aromatic nitrogens is 1. The van der Waals surface area contributed by atoms with Crippen molar-refractivity contribution < 1.29 is 9.53 Å². The fraction of sp³-hybridized carbons (Fsp3) is 0.524. The minimum absolute atomic E-state index is 0.427. The molecule has 6 heteroatoms. The summed E-state index contributed by atoms with van der Waals surface area (Å²) >= 11 is 1.76. The Morgan fingerprint density at radius 2 is 2.11 bits per heavy atom. The third-order valence-corrected chi connectivity index (χ3v) is 6.83. The van der Waals surface area contributed by atoms with Gasteiger partial charge in [-0.05, 0) is 50.7 Å². The highest BCUT2D eigenvalue weighted by molar-refractivity contribution is 7.16. The van der Waals surface area contributed by atoms with E-state index in [1.807, 2.05) is 23.1 Å². The van der Waals surface area contributed by atoms with Crippen molar-refractivity contribution in [3.05, 3.63) is 29.1 Å². The molecule has 0 bridgehead atoms. The lowest BCUT2D eigenvalue weighted by atomic mass is 9.85. The fourth-order valence-electron chi connectivity index (χ4n) is 4.18. The van der Waals surface area contributed by atoms with Crippen molar-refractivity contribution in [3.8, 4) is 17.0 Å². The molecule has 1 aromatic heterocycles. The molecule has 0 saturated heterocycles. The molecule has 1 aliphatic carbocycles. The lowest BCUT2D eigenvalue weighted by Gasteiger charge is -2.34. The first-order valence-corrected chi connectivity index (χ1v) is 10.8. The minimum Gasteiger partial charge on any atom is -0.493 e. The van der Waals surface area contributed by atoms with Gasteiger partial charge in [0.25, 0.3) is 0 Å². The van der Waals surface area contributed by atoms with Crippen molar-refractivity contribution in [2.45, 2.75) is 45.1 Å². The lowest BCUT2D eigenvalue weighted by molar-refractivity contribution is -0.120. The average molecular weight is 386 g/mol. The average Bonchev–Trinajstić information content (AvgIpc) is 3.03. The number of amides is 1. The quantitative estimate of drug-likeness (QED) is 0.758. The third-order valence-electron chi connectivity index (χ3n) is 5.75. The molecular weight excluding hydrogens is 358 g/mol. The molecule has 4 rings (SSSR count). The first-order chi connectivity index (χ1) is 13.3. The summed E-state index contributed by atoms with van der Waals surface area (Å²) < 4.78 is 5.85. The van der Waals surface area contributed by atoms with E-state index in [2.05, 4.69) is 18.3 Å². The highest BCUT2D eigenvalue weighted by Gasteiger charge is 2.25. The van der Waals surface area contributed by atoms with Crippen LogP contribution in [0.3, 0.4) is 0 Å². The number of hydrogen-bond donors (Lipinski definition) is 1. The maximum Gasteiger partial charge on any atom is 0.209 e. The summed E-state index contributed by atoms with van der Waals surface area (Å²) in [5.74, 6) is 1.59. The third kappa shape index (κ3) is 3.95. The lowest BCUT2D eigenvalue weighted by Crippen LogP contribution is -2.37. The first-order valence-electron chi connectivity index (χ1n) is 9.95. The smallest absolute Gasteiger partial charge is 0.209 e. The van der Waals surface area contributed by atoms with Crippen molar-refractivity contribution in [2.24, 2.45) is 5.92 Å². The number of rotatable bonds is 6. The van der Waals surface area contributed by atoms with Crippen LogP contribution in [0.15, 0.2) is 24.3 Å². The molecule has 2 aliphatic rings. The SMILES string of the molecule is CCN(C=O)[C@H]1CC[C@H](CNc2nc3c(s2)CCOc2ccccc2-3)CC1. The summed E-state index contributed by atoms with van der Waals surface area (Å²) in [6.45, 7) is 4.54. The van der Waals surface area contributed by atoms with Gasteiger partial charge in [-0.25, -0.2) is 4.98 Å². The van der Waals surface area contributed by atoms with Crippen LogP contribution in [0.5, 0.6) is 5.75 Å². The van der Waals surface area contributed by atoms with Crippen LogP contribution in [0.25, 0.3) is 11.3 Å². The summed E-state index contributed by atoms with van der Waals surface area (Å²) in [5.41, 5.74) is 2.17. The van der Waals surface area contributed by atoms with Gasteiger partial charge in [0.05, 0.1) is 12.3 Å². The maximum atomic E-state index is 11.1. The molecule has 1 fully saturated rings. The van der Waals surface area contributed by atoms with Gasteiger partial charge in [-0.2, -0.15) is 0 Å². The first kappa shape index (κ1) is 18.3. The van der Waals surface area contributed by atoms with E-state index in [9.17, 15) is 4.79 Å². The number of thiazole rings is 1. The zero-order chi connectivity index (χ0) is 18.6. The van der Waals surface area contributed by atoms with Gasteiger partial charge in [0.15, 0.2) is 5.13 Å². The zero-order valence-corrected chi connectivity index (χ0v) is 16.6. The number of fused-ring (bicyclic) bond motifs is 3. The van der Waals surface area contributed by atoms with Gasteiger partial charge in [-0.1, -0.05) is 12.1 Å².